The first-order valence-corrected chi connectivity index (χ1v) is 11.8. The summed E-state index contributed by atoms with van der Waals surface area (Å²) in [4.78, 5) is 5.02. The Bertz CT molecular complexity index is 1120. The van der Waals surface area contributed by atoms with E-state index in [-0.39, 0.29) is 11.9 Å². The van der Waals surface area contributed by atoms with Crippen molar-refractivity contribution >= 4 is 5.69 Å². The van der Waals surface area contributed by atoms with E-state index in [1.54, 1.807) is 13.2 Å². The number of aromatic hydroxyl groups is 1. The van der Waals surface area contributed by atoms with Crippen LogP contribution >= 0.6 is 0 Å². The van der Waals surface area contributed by atoms with E-state index in [9.17, 15) is 5.11 Å². The lowest BCUT2D eigenvalue weighted by Gasteiger charge is -2.47. The number of phenols is 1. The fourth-order valence-electron chi connectivity index (χ4n) is 4.89. The van der Waals surface area contributed by atoms with Gasteiger partial charge in [-0.2, -0.15) is 0 Å². The first-order chi connectivity index (χ1) is 16.0. The molecule has 1 atom stereocenters. The van der Waals surface area contributed by atoms with Gasteiger partial charge in [0.05, 0.1) is 7.11 Å². The van der Waals surface area contributed by atoms with Crippen LogP contribution in [0.1, 0.15) is 49.5 Å². The third kappa shape index (κ3) is 4.76. The van der Waals surface area contributed by atoms with Crippen LogP contribution in [0.2, 0.25) is 0 Å². The lowest BCUT2D eigenvalue weighted by atomic mass is 9.97. The van der Waals surface area contributed by atoms with Crippen molar-refractivity contribution in [3.8, 4) is 11.5 Å². The number of ether oxygens (including phenoxy) is 1. The van der Waals surface area contributed by atoms with Gasteiger partial charge in [-0.25, -0.2) is 0 Å². The number of nitrogens with zero attached hydrogens (tertiary/aromatic N) is 2. The minimum Gasteiger partial charge on any atom is -0.504 e. The molecule has 0 fully saturated rings. The lowest BCUT2D eigenvalue weighted by molar-refractivity contribution is 0.187. The molecule has 0 spiro atoms. The maximum atomic E-state index is 10.3. The molecule has 1 aliphatic rings. The van der Waals surface area contributed by atoms with Crippen molar-refractivity contribution in [1.82, 2.24) is 4.90 Å². The summed E-state index contributed by atoms with van der Waals surface area (Å²) >= 11 is 0. The SMILES string of the molecule is CCC1=C(CC)N(c2cccc(C)c2)C(c2ccc(O)c(OC)c2)N(Cc2ccccc2)C1. The van der Waals surface area contributed by atoms with Crippen LogP contribution in [0.15, 0.2) is 84.1 Å². The van der Waals surface area contributed by atoms with Crippen LogP contribution in [0.4, 0.5) is 5.69 Å². The average Bonchev–Trinajstić information content (AvgIpc) is 2.84. The number of anilines is 1. The van der Waals surface area contributed by atoms with E-state index in [0.29, 0.717) is 5.75 Å². The molecule has 0 aliphatic carbocycles. The summed E-state index contributed by atoms with van der Waals surface area (Å²) in [6.07, 6.45) is 1.96. The molecule has 1 heterocycles. The van der Waals surface area contributed by atoms with Crippen LogP contribution in [-0.2, 0) is 6.54 Å². The molecular weight excluding hydrogens is 408 g/mol. The smallest absolute Gasteiger partial charge is 0.160 e. The first-order valence-electron chi connectivity index (χ1n) is 11.8. The standard InChI is InChI=1S/C29H34N2O2/c1-5-23-20-30(19-22-12-8-7-9-13-22)29(24-15-16-27(32)28(18-24)33-4)31(26(23)6-2)25-14-10-11-21(3)17-25/h7-18,29,32H,5-6,19-20H2,1-4H3. The molecule has 0 bridgehead atoms. The van der Waals surface area contributed by atoms with Gasteiger partial charge in [0.15, 0.2) is 11.5 Å². The summed E-state index contributed by atoms with van der Waals surface area (Å²) in [7, 11) is 1.60. The number of benzene rings is 3. The third-order valence-electron chi connectivity index (χ3n) is 6.46. The van der Waals surface area contributed by atoms with Crippen molar-refractivity contribution in [1.29, 1.82) is 0 Å². The molecule has 172 valence electrons. The van der Waals surface area contributed by atoms with Crippen LogP contribution in [0.25, 0.3) is 0 Å². The van der Waals surface area contributed by atoms with E-state index in [2.05, 4.69) is 85.2 Å². The highest BCUT2D eigenvalue weighted by atomic mass is 16.5. The van der Waals surface area contributed by atoms with E-state index in [0.717, 1.165) is 31.5 Å². The molecule has 4 heteroatoms. The highest BCUT2D eigenvalue weighted by molar-refractivity contribution is 5.59. The topological polar surface area (TPSA) is 35.9 Å². The predicted molar refractivity (Wildman–Crippen MR) is 136 cm³/mol. The Hall–Kier alpha value is -3.24. The molecule has 3 aromatic rings. The Kier molecular flexibility index (Phi) is 7.05. The van der Waals surface area contributed by atoms with Crippen LogP contribution in [0, 0.1) is 6.92 Å². The van der Waals surface area contributed by atoms with Gasteiger partial charge in [0.2, 0.25) is 0 Å². The molecule has 0 saturated carbocycles. The van der Waals surface area contributed by atoms with Gasteiger partial charge in [-0.05, 0) is 66.3 Å². The largest absolute Gasteiger partial charge is 0.504 e. The monoisotopic (exact) mass is 442 g/mol. The Morgan fingerprint density at radius 3 is 2.39 bits per heavy atom. The van der Waals surface area contributed by atoms with Crippen molar-refractivity contribution in [3.63, 3.8) is 0 Å². The Morgan fingerprint density at radius 1 is 0.939 bits per heavy atom. The molecule has 3 aromatic carbocycles. The van der Waals surface area contributed by atoms with Crippen molar-refractivity contribution in [2.45, 2.75) is 46.3 Å². The fraction of sp³-hybridized carbons (Fsp3) is 0.310. The molecule has 0 saturated heterocycles. The van der Waals surface area contributed by atoms with Gasteiger partial charge < -0.3 is 14.7 Å². The summed E-state index contributed by atoms with van der Waals surface area (Å²) in [5.41, 5.74) is 7.66. The van der Waals surface area contributed by atoms with Crippen molar-refractivity contribution in [2.24, 2.45) is 0 Å². The quantitative estimate of drug-likeness (QED) is 0.436. The molecule has 33 heavy (non-hydrogen) atoms. The summed E-state index contributed by atoms with van der Waals surface area (Å²) in [5.74, 6) is 0.661. The molecule has 1 unspecified atom stereocenters. The van der Waals surface area contributed by atoms with Crippen LogP contribution in [0.3, 0.4) is 0 Å². The number of allylic oxidation sites excluding steroid dienone is 1. The van der Waals surface area contributed by atoms with E-state index >= 15 is 0 Å². The van der Waals surface area contributed by atoms with E-state index in [1.165, 1.54) is 28.1 Å². The summed E-state index contributed by atoms with van der Waals surface area (Å²) < 4.78 is 5.49. The van der Waals surface area contributed by atoms with Gasteiger partial charge in [-0.15, -0.1) is 0 Å². The average molecular weight is 443 g/mol. The van der Waals surface area contributed by atoms with E-state index < -0.39 is 0 Å². The van der Waals surface area contributed by atoms with Crippen LogP contribution in [-0.4, -0.2) is 23.7 Å². The number of hydrogen-bond donors (Lipinski definition) is 1. The maximum absolute atomic E-state index is 10.3. The second-order valence-electron chi connectivity index (χ2n) is 8.66. The second kappa shape index (κ2) is 10.1. The van der Waals surface area contributed by atoms with Crippen molar-refractivity contribution in [3.05, 3.63) is 101 Å². The van der Waals surface area contributed by atoms with Gasteiger partial charge in [-0.1, -0.05) is 62.4 Å². The highest BCUT2D eigenvalue weighted by Crippen LogP contribution is 2.43. The van der Waals surface area contributed by atoms with Crippen molar-refractivity contribution < 1.29 is 9.84 Å². The lowest BCUT2D eigenvalue weighted by Crippen LogP contribution is -2.46. The third-order valence-corrected chi connectivity index (χ3v) is 6.46. The van der Waals surface area contributed by atoms with Crippen LogP contribution in [0.5, 0.6) is 11.5 Å². The molecule has 0 aromatic heterocycles. The molecule has 4 rings (SSSR count). The number of methoxy groups -OCH3 is 1. The Labute approximate surface area is 197 Å². The minimum atomic E-state index is -0.0215. The molecule has 1 aliphatic heterocycles. The number of hydrogen-bond acceptors (Lipinski definition) is 4. The number of phenolic OH excluding ortho intramolecular Hbond substituents is 1. The molecular formula is C29H34N2O2. The predicted octanol–water partition coefficient (Wildman–Crippen LogP) is 6.80. The van der Waals surface area contributed by atoms with Gasteiger partial charge in [0.25, 0.3) is 0 Å². The summed E-state index contributed by atoms with van der Waals surface area (Å²) in [6.45, 7) is 8.38. The first kappa shape index (κ1) is 22.9. The Balaban J connectivity index is 1.91. The van der Waals surface area contributed by atoms with Gasteiger partial charge in [0.1, 0.15) is 6.17 Å². The highest BCUT2D eigenvalue weighted by Gasteiger charge is 2.35. The van der Waals surface area contributed by atoms with Gasteiger partial charge in [-0.3, -0.25) is 4.90 Å². The zero-order valence-corrected chi connectivity index (χ0v) is 20.1. The second-order valence-corrected chi connectivity index (χ2v) is 8.66. The minimum absolute atomic E-state index is 0.0215. The van der Waals surface area contributed by atoms with Crippen molar-refractivity contribution in [2.75, 3.05) is 18.6 Å². The fourth-order valence-corrected chi connectivity index (χ4v) is 4.89. The van der Waals surface area contributed by atoms with Crippen LogP contribution < -0.4 is 9.64 Å². The van der Waals surface area contributed by atoms with Gasteiger partial charge >= 0.3 is 0 Å². The number of aryl methyl sites for hydroxylation is 1. The zero-order valence-electron chi connectivity index (χ0n) is 20.1. The van der Waals surface area contributed by atoms with E-state index in [1.807, 2.05) is 12.1 Å². The molecule has 0 radical (unpaired) electrons. The number of rotatable bonds is 7. The van der Waals surface area contributed by atoms with E-state index in [4.69, 9.17) is 4.74 Å². The summed E-state index contributed by atoms with van der Waals surface area (Å²) in [5, 5.41) is 10.3. The summed E-state index contributed by atoms with van der Waals surface area (Å²) in [6, 6.07) is 25.1. The molecule has 4 nitrogen and oxygen atoms in total. The normalized spacial score (nSPS) is 16.8. The molecule has 0 amide bonds. The Morgan fingerprint density at radius 2 is 1.73 bits per heavy atom. The molecule has 1 N–H and O–H groups in total. The maximum Gasteiger partial charge on any atom is 0.160 e. The zero-order chi connectivity index (χ0) is 23.4. The van der Waals surface area contributed by atoms with Gasteiger partial charge in [0, 0.05) is 24.5 Å².